The van der Waals surface area contributed by atoms with E-state index in [9.17, 15) is 4.79 Å². The monoisotopic (exact) mass is 160 g/mol. The predicted octanol–water partition coefficient (Wildman–Crippen LogP) is 2.55. The molecule has 0 atom stereocenters. The Morgan fingerprint density at radius 2 is 2.25 bits per heavy atom. The maximum absolute atomic E-state index is 10.5. The summed E-state index contributed by atoms with van der Waals surface area (Å²) in [5.41, 5.74) is 10.3. The summed E-state index contributed by atoms with van der Waals surface area (Å²) in [6.45, 7) is 4.92. The summed E-state index contributed by atoms with van der Waals surface area (Å²) in [6.07, 6.45) is 4.19. The third kappa shape index (κ3) is 8.53. The number of carbonyl (C=O) groups excluding carboxylic acids is 1. The lowest BCUT2D eigenvalue weighted by Gasteiger charge is -1.87. The number of carbonyl (C=O) groups is 1. The van der Waals surface area contributed by atoms with Crippen LogP contribution in [0.3, 0.4) is 0 Å². The zero-order valence-corrected chi connectivity index (χ0v) is 7.31. The number of ketones is 1. The SMILES string of the molecule is C=C=C=C=C=CCCCC(C)=O. The summed E-state index contributed by atoms with van der Waals surface area (Å²) in [6, 6.07) is 0. The van der Waals surface area contributed by atoms with E-state index in [-0.39, 0.29) is 5.78 Å². The maximum Gasteiger partial charge on any atom is 0.129 e. The molecule has 0 aromatic rings. The van der Waals surface area contributed by atoms with Gasteiger partial charge in [-0.25, -0.2) is 0 Å². The van der Waals surface area contributed by atoms with Gasteiger partial charge in [-0.15, -0.1) is 0 Å². The summed E-state index contributed by atoms with van der Waals surface area (Å²) < 4.78 is 0. The summed E-state index contributed by atoms with van der Waals surface area (Å²) >= 11 is 0. The van der Waals surface area contributed by atoms with Crippen molar-refractivity contribution >= 4 is 5.78 Å². The summed E-state index contributed by atoms with van der Waals surface area (Å²) in [7, 11) is 0. The molecule has 0 radical (unpaired) electrons. The van der Waals surface area contributed by atoms with Crippen molar-refractivity contribution in [3.63, 3.8) is 0 Å². The molecule has 0 aliphatic carbocycles. The van der Waals surface area contributed by atoms with Crippen LogP contribution in [0.1, 0.15) is 26.2 Å². The molecule has 1 nitrogen and oxygen atoms in total. The van der Waals surface area contributed by atoms with Crippen molar-refractivity contribution in [1.29, 1.82) is 0 Å². The number of unbranched alkanes of at least 4 members (excludes halogenated alkanes) is 1. The lowest BCUT2D eigenvalue weighted by Crippen LogP contribution is -1.87. The van der Waals surface area contributed by atoms with E-state index in [1.807, 2.05) is 6.08 Å². The van der Waals surface area contributed by atoms with Crippen molar-refractivity contribution in [2.75, 3.05) is 0 Å². The second-order valence-electron chi connectivity index (χ2n) is 2.37. The van der Waals surface area contributed by atoms with Gasteiger partial charge >= 0.3 is 0 Å². The van der Waals surface area contributed by atoms with Gasteiger partial charge in [0.15, 0.2) is 0 Å². The van der Waals surface area contributed by atoms with Gasteiger partial charge in [-0.3, -0.25) is 0 Å². The standard InChI is InChI=1S/C11H12O/c1-3-4-5-6-7-8-9-10-11(2)12/h7H,1,8-10H2,2H3. The van der Waals surface area contributed by atoms with Crippen LogP contribution in [0.25, 0.3) is 0 Å². The average Bonchev–Trinajstić information content (AvgIpc) is 2.02. The van der Waals surface area contributed by atoms with E-state index in [0.29, 0.717) is 6.42 Å². The minimum absolute atomic E-state index is 0.230. The largest absolute Gasteiger partial charge is 0.300 e. The second kappa shape index (κ2) is 7.63. The summed E-state index contributed by atoms with van der Waals surface area (Å²) in [5.74, 6) is 0.230. The van der Waals surface area contributed by atoms with E-state index in [4.69, 9.17) is 0 Å². The molecule has 1 heteroatoms. The Bertz CT molecular complexity index is 287. The Morgan fingerprint density at radius 1 is 1.50 bits per heavy atom. The Labute approximate surface area is 73.1 Å². The molecule has 0 N–H and O–H groups in total. The molecule has 0 amide bonds. The fourth-order valence-electron chi connectivity index (χ4n) is 0.657. The molecule has 0 unspecified atom stereocenters. The van der Waals surface area contributed by atoms with Crippen LogP contribution in [0.4, 0.5) is 0 Å². The van der Waals surface area contributed by atoms with Crippen LogP contribution in [-0.4, -0.2) is 5.78 Å². The molecule has 0 aromatic heterocycles. The molecule has 0 aliphatic heterocycles. The molecule has 0 saturated heterocycles. The van der Waals surface area contributed by atoms with Gasteiger partial charge in [0.05, 0.1) is 0 Å². The first-order valence-corrected chi connectivity index (χ1v) is 3.86. The van der Waals surface area contributed by atoms with Crippen LogP contribution in [0, 0.1) is 0 Å². The fraction of sp³-hybridized carbons (Fsp3) is 0.364. The van der Waals surface area contributed by atoms with Crippen molar-refractivity contribution in [3.05, 3.63) is 35.6 Å². The minimum Gasteiger partial charge on any atom is -0.300 e. The molecule has 0 heterocycles. The fourth-order valence-corrected chi connectivity index (χ4v) is 0.657. The van der Waals surface area contributed by atoms with Gasteiger partial charge in [0.2, 0.25) is 0 Å². The lowest BCUT2D eigenvalue weighted by atomic mass is 10.2. The molecule has 12 heavy (non-hydrogen) atoms. The highest BCUT2D eigenvalue weighted by atomic mass is 16.1. The van der Waals surface area contributed by atoms with Crippen LogP contribution < -0.4 is 0 Å². The van der Waals surface area contributed by atoms with Gasteiger partial charge in [0, 0.05) is 6.42 Å². The first kappa shape index (κ1) is 10.5. The van der Waals surface area contributed by atoms with Crippen molar-refractivity contribution in [3.8, 4) is 0 Å². The van der Waals surface area contributed by atoms with Gasteiger partial charge in [-0.2, -0.15) is 0 Å². The van der Waals surface area contributed by atoms with Gasteiger partial charge in [0.1, 0.15) is 5.78 Å². The van der Waals surface area contributed by atoms with Gasteiger partial charge in [-0.1, -0.05) is 11.5 Å². The highest BCUT2D eigenvalue weighted by Crippen LogP contribution is 1.95. The van der Waals surface area contributed by atoms with E-state index in [2.05, 4.69) is 29.5 Å². The summed E-state index contributed by atoms with van der Waals surface area (Å²) in [5, 5.41) is 0. The van der Waals surface area contributed by atoms with Crippen LogP contribution in [0.5, 0.6) is 0 Å². The van der Waals surface area contributed by atoms with E-state index < -0.39 is 0 Å². The number of allylic oxidation sites excluding steroid dienone is 1. The number of hydrogen-bond donors (Lipinski definition) is 0. The van der Waals surface area contributed by atoms with Crippen LogP contribution >= 0.6 is 0 Å². The van der Waals surface area contributed by atoms with Crippen LogP contribution in [0.15, 0.2) is 35.6 Å². The zero-order valence-electron chi connectivity index (χ0n) is 7.31. The number of hydrogen-bond acceptors (Lipinski definition) is 1. The van der Waals surface area contributed by atoms with E-state index in [1.54, 1.807) is 6.92 Å². The van der Waals surface area contributed by atoms with Gasteiger partial charge < -0.3 is 4.79 Å². The Kier molecular flexibility index (Phi) is 6.70. The molecule has 0 rings (SSSR count). The Morgan fingerprint density at radius 3 is 2.83 bits per heavy atom. The normalized spacial score (nSPS) is 7.08. The molecule has 0 aromatic carbocycles. The van der Waals surface area contributed by atoms with E-state index in [0.717, 1.165) is 12.8 Å². The molecule has 0 bridgehead atoms. The molecular weight excluding hydrogens is 148 g/mol. The second-order valence-corrected chi connectivity index (χ2v) is 2.37. The molecule has 0 spiro atoms. The van der Waals surface area contributed by atoms with Crippen molar-refractivity contribution in [2.45, 2.75) is 26.2 Å². The third-order valence-corrected chi connectivity index (χ3v) is 1.20. The molecular formula is C11H12O. The van der Waals surface area contributed by atoms with Gasteiger partial charge in [-0.05, 0) is 43.9 Å². The van der Waals surface area contributed by atoms with Crippen molar-refractivity contribution < 1.29 is 4.79 Å². The number of rotatable bonds is 4. The quantitative estimate of drug-likeness (QED) is 0.456. The minimum atomic E-state index is 0.230. The zero-order chi connectivity index (χ0) is 9.23. The lowest BCUT2D eigenvalue weighted by molar-refractivity contribution is -0.117. The Balaban J connectivity index is 3.70. The summed E-state index contributed by atoms with van der Waals surface area (Å²) in [4.78, 5) is 10.5. The highest BCUT2D eigenvalue weighted by Gasteiger charge is 1.89. The molecule has 0 saturated carbocycles. The molecule has 0 aliphatic rings. The number of Topliss-reactive ketones (excluding diaryl/α,β-unsaturated/α-hetero) is 1. The average molecular weight is 160 g/mol. The third-order valence-electron chi connectivity index (χ3n) is 1.20. The topological polar surface area (TPSA) is 17.1 Å². The van der Waals surface area contributed by atoms with Crippen molar-refractivity contribution in [2.24, 2.45) is 0 Å². The highest BCUT2D eigenvalue weighted by molar-refractivity contribution is 5.75. The first-order chi connectivity index (χ1) is 5.77. The maximum atomic E-state index is 10.5. The smallest absolute Gasteiger partial charge is 0.129 e. The predicted molar refractivity (Wildman–Crippen MR) is 48.8 cm³/mol. The van der Waals surface area contributed by atoms with E-state index >= 15 is 0 Å². The van der Waals surface area contributed by atoms with Crippen LogP contribution in [0.2, 0.25) is 0 Å². The first-order valence-electron chi connectivity index (χ1n) is 3.86. The molecule has 62 valence electrons. The van der Waals surface area contributed by atoms with Gasteiger partial charge in [0.25, 0.3) is 0 Å². The van der Waals surface area contributed by atoms with Crippen molar-refractivity contribution in [1.82, 2.24) is 0 Å². The molecule has 0 fully saturated rings. The van der Waals surface area contributed by atoms with Crippen LogP contribution in [-0.2, 0) is 4.79 Å². The van der Waals surface area contributed by atoms with E-state index in [1.165, 1.54) is 0 Å². The Hall–Kier alpha value is -1.47.